The average Bonchev–Trinajstić information content (AvgIpc) is 3.72. The molecule has 0 amide bonds. The number of rotatable bonds is 7. The van der Waals surface area contributed by atoms with E-state index in [0.717, 1.165) is 73.5 Å². The molecule has 1 atom stereocenters. The standard InChI is InChI=1S/C32H29NO.C14H17NSi.C11H9N.Ir/c1-2-5-24(6-3-1)27-7-4-8-28-29-20-25(13-14-31(29)34-32(27)28)30-19-22(15-16-33-30)18-26-17-21-9-11-23(26)12-10-21;1-16(2,3)13-9-10-14(15-11-13)12-7-5-4-6-8-12;1-2-6-10(7-3-1)11-8-4-5-9-12-11;/h1-8,13-16,19-21,23,26H,9-12,17-18H2;4-11H,1-3H3;1-9H;. The van der Waals surface area contributed by atoms with E-state index < -0.39 is 8.07 Å². The van der Waals surface area contributed by atoms with Crippen LogP contribution in [0.4, 0.5) is 0 Å². The summed E-state index contributed by atoms with van der Waals surface area (Å²) in [6, 6.07) is 58.7. The van der Waals surface area contributed by atoms with Gasteiger partial charge in [0, 0.05) is 71.7 Å². The topological polar surface area (TPSA) is 51.8 Å². The molecule has 3 saturated carbocycles. The number of nitrogens with zero attached hydrogens (tertiary/aromatic N) is 3. The third-order valence-electron chi connectivity index (χ3n) is 12.8. The maximum absolute atomic E-state index is 6.36. The van der Waals surface area contributed by atoms with Crippen molar-refractivity contribution in [1.29, 1.82) is 0 Å². The van der Waals surface area contributed by atoms with Crippen LogP contribution in [0.25, 0.3) is 66.8 Å². The van der Waals surface area contributed by atoms with Gasteiger partial charge in [0.05, 0.1) is 25.2 Å². The Hall–Kier alpha value is -5.78. The van der Waals surface area contributed by atoms with Crippen molar-refractivity contribution in [1.82, 2.24) is 15.0 Å². The molecule has 3 aliphatic rings. The third kappa shape index (κ3) is 10.5. The number of pyridine rings is 3. The number of fused-ring (bicyclic) bond motifs is 6. The molecule has 0 saturated heterocycles. The minimum absolute atomic E-state index is 0. The summed E-state index contributed by atoms with van der Waals surface area (Å²) in [5.74, 6) is 2.78. The molecule has 1 radical (unpaired) electrons. The Morgan fingerprint density at radius 3 is 1.78 bits per heavy atom. The Morgan fingerprint density at radius 2 is 1.17 bits per heavy atom. The first-order valence-corrected chi connectivity index (χ1v) is 25.8. The van der Waals surface area contributed by atoms with Gasteiger partial charge in [-0.2, -0.15) is 0 Å². The summed E-state index contributed by atoms with van der Waals surface area (Å²) in [5, 5.41) is 3.72. The van der Waals surface area contributed by atoms with E-state index in [-0.39, 0.29) is 20.1 Å². The summed E-state index contributed by atoms with van der Waals surface area (Å²) in [6.45, 7) is 7.02. The quantitative estimate of drug-likeness (QED) is 0.149. The van der Waals surface area contributed by atoms with E-state index >= 15 is 0 Å². The molecule has 0 spiro atoms. The van der Waals surface area contributed by atoms with Gasteiger partial charge in [0.25, 0.3) is 0 Å². The van der Waals surface area contributed by atoms with Gasteiger partial charge >= 0.3 is 0 Å². The van der Waals surface area contributed by atoms with Crippen LogP contribution < -0.4 is 5.19 Å². The zero-order chi connectivity index (χ0) is 42.3. The smallest absolute Gasteiger partial charge is 0.143 e. The molecule has 0 aliphatic heterocycles. The molecule has 9 aromatic rings. The molecule has 3 aliphatic carbocycles. The Kier molecular flexibility index (Phi) is 14.0. The molecule has 3 fully saturated rings. The number of para-hydroxylation sites is 1. The molecular formula is C57H55IrN3OSi. The first-order valence-electron chi connectivity index (χ1n) is 22.3. The van der Waals surface area contributed by atoms with E-state index in [0.29, 0.717) is 0 Å². The molecule has 317 valence electrons. The van der Waals surface area contributed by atoms with Gasteiger partial charge in [-0.25, -0.2) is 0 Å². The molecule has 2 bridgehead atoms. The van der Waals surface area contributed by atoms with Crippen molar-refractivity contribution in [3.63, 3.8) is 0 Å². The SMILES string of the molecule is C[Si](C)(C)c1ccc(-c2ccccc2)nc1.[Ir].c1ccc(-c2cccc3c2oc2ccc(-c4cc(CC5CC6CCC5CC6)ccn4)cc23)cc1.c1ccc(-c2ccccn2)cc1. The van der Waals surface area contributed by atoms with Gasteiger partial charge in [0.2, 0.25) is 0 Å². The zero-order valence-electron chi connectivity index (χ0n) is 36.5. The van der Waals surface area contributed by atoms with E-state index in [4.69, 9.17) is 9.40 Å². The minimum atomic E-state index is -1.22. The number of hydrogen-bond donors (Lipinski definition) is 0. The molecule has 12 rings (SSSR count). The van der Waals surface area contributed by atoms with Crippen LogP contribution in [0.15, 0.2) is 193 Å². The molecule has 1 unspecified atom stereocenters. The summed E-state index contributed by atoms with van der Waals surface area (Å²) in [4.78, 5) is 13.6. The molecule has 63 heavy (non-hydrogen) atoms. The Bertz CT molecular complexity index is 2800. The second-order valence-electron chi connectivity index (χ2n) is 18.0. The molecular weight excluding hydrogens is 963 g/mol. The fraction of sp³-hybridized carbons (Fsp3) is 0.211. The second-order valence-corrected chi connectivity index (χ2v) is 23.1. The van der Waals surface area contributed by atoms with Crippen LogP contribution in [0.3, 0.4) is 0 Å². The minimum Gasteiger partial charge on any atom is -0.455 e. The molecule has 4 heterocycles. The van der Waals surface area contributed by atoms with Crippen LogP contribution in [0.1, 0.15) is 37.7 Å². The van der Waals surface area contributed by atoms with E-state index in [1.165, 1.54) is 60.4 Å². The van der Waals surface area contributed by atoms with Crippen molar-refractivity contribution in [2.24, 2.45) is 17.8 Å². The average molecular weight is 1020 g/mol. The van der Waals surface area contributed by atoms with Gasteiger partial charge in [0.15, 0.2) is 0 Å². The van der Waals surface area contributed by atoms with Gasteiger partial charge < -0.3 is 4.42 Å². The summed E-state index contributed by atoms with van der Waals surface area (Å²) in [6.07, 6.45) is 14.3. The van der Waals surface area contributed by atoms with Gasteiger partial charge in [-0.15, -0.1) is 0 Å². The van der Waals surface area contributed by atoms with Crippen LogP contribution in [0.5, 0.6) is 0 Å². The number of benzene rings is 5. The summed E-state index contributed by atoms with van der Waals surface area (Å²) >= 11 is 0. The van der Waals surface area contributed by atoms with Crippen molar-refractivity contribution in [2.45, 2.75) is 58.2 Å². The van der Waals surface area contributed by atoms with Gasteiger partial charge in [0.1, 0.15) is 11.2 Å². The molecule has 6 heteroatoms. The Labute approximate surface area is 387 Å². The summed E-state index contributed by atoms with van der Waals surface area (Å²) in [5.41, 5.74) is 12.3. The molecule has 5 aromatic carbocycles. The van der Waals surface area contributed by atoms with Gasteiger partial charge in [-0.1, -0.05) is 154 Å². The Balaban J connectivity index is 0.000000155. The maximum atomic E-state index is 6.36. The van der Waals surface area contributed by atoms with Gasteiger partial charge in [-0.3, -0.25) is 15.0 Å². The van der Waals surface area contributed by atoms with Crippen LogP contribution in [0, 0.1) is 17.8 Å². The monoisotopic (exact) mass is 1020 g/mol. The van der Waals surface area contributed by atoms with E-state index in [9.17, 15) is 0 Å². The van der Waals surface area contributed by atoms with Crippen LogP contribution in [-0.2, 0) is 26.5 Å². The number of furan rings is 1. The van der Waals surface area contributed by atoms with Crippen molar-refractivity contribution < 1.29 is 24.5 Å². The van der Waals surface area contributed by atoms with E-state index in [2.05, 4.69) is 145 Å². The molecule has 4 aromatic heterocycles. The van der Waals surface area contributed by atoms with E-state index in [1.807, 2.05) is 73.2 Å². The predicted molar refractivity (Wildman–Crippen MR) is 262 cm³/mol. The Morgan fingerprint density at radius 1 is 0.524 bits per heavy atom. The molecule has 4 nitrogen and oxygen atoms in total. The fourth-order valence-electron chi connectivity index (χ4n) is 9.39. The summed E-state index contributed by atoms with van der Waals surface area (Å²) < 4.78 is 6.36. The van der Waals surface area contributed by atoms with E-state index in [1.54, 1.807) is 0 Å². The fourth-order valence-corrected chi connectivity index (χ4v) is 10.4. The van der Waals surface area contributed by atoms with Gasteiger partial charge in [-0.05, 0) is 108 Å². The van der Waals surface area contributed by atoms with Crippen molar-refractivity contribution in [3.8, 4) is 44.9 Å². The van der Waals surface area contributed by atoms with Crippen LogP contribution in [0.2, 0.25) is 19.6 Å². The maximum Gasteiger partial charge on any atom is 0.143 e. The van der Waals surface area contributed by atoms with Crippen LogP contribution in [-0.4, -0.2) is 23.0 Å². The van der Waals surface area contributed by atoms with Crippen molar-refractivity contribution >= 4 is 35.2 Å². The largest absolute Gasteiger partial charge is 0.455 e. The first kappa shape index (κ1) is 43.8. The first-order chi connectivity index (χ1) is 30.4. The molecule has 0 N–H and O–H groups in total. The summed E-state index contributed by atoms with van der Waals surface area (Å²) in [7, 11) is -1.22. The zero-order valence-corrected chi connectivity index (χ0v) is 39.9. The number of aromatic nitrogens is 3. The van der Waals surface area contributed by atoms with Crippen molar-refractivity contribution in [2.75, 3.05) is 0 Å². The predicted octanol–water partition coefficient (Wildman–Crippen LogP) is 14.7. The normalized spacial score (nSPS) is 16.6. The second kappa shape index (κ2) is 20.2. The third-order valence-corrected chi connectivity index (χ3v) is 14.9. The number of hydrogen-bond acceptors (Lipinski definition) is 4. The van der Waals surface area contributed by atoms with Crippen molar-refractivity contribution in [3.05, 3.63) is 194 Å². The van der Waals surface area contributed by atoms with Crippen LogP contribution >= 0.6 is 0 Å².